The van der Waals surface area contributed by atoms with E-state index in [-0.39, 0.29) is 0 Å². The number of alkyl halides is 3. The molecule has 0 atom stereocenters. The van der Waals surface area contributed by atoms with Crippen LogP contribution >= 0.6 is 0 Å². The van der Waals surface area contributed by atoms with Crippen molar-refractivity contribution in [2.75, 3.05) is 0 Å². The van der Waals surface area contributed by atoms with Crippen molar-refractivity contribution in [1.29, 1.82) is 0 Å². The molecule has 2 heterocycles. The molecule has 4 aromatic rings. The van der Waals surface area contributed by atoms with Crippen molar-refractivity contribution in [2.24, 2.45) is 0 Å². The molecule has 5 rings (SSSR count). The maximum atomic E-state index is 12.8. The smallest absolute Gasteiger partial charge is 0.344 e. The molecule has 1 aliphatic rings. The first-order chi connectivity index (χ1) is 16.4. The number of aromatic nitrogens is 2. The fourth-order valence-corrected chi connectivity index (χ4v) is 5.05. The highest BCUT2D eigenvalue weighted by Gasteiger charge is 2.30. The van der Waals surface area contributed by atoms with Crippen LogP contribution in [-0.4, -0.2) is 9.55 Å². The molecular formula is C29H27F3N2. The van der Waals surface area contributed by atoms with Gasteiger partial charge in [-0.2, -0.15) is 13.2 Å². The molecule has 1 saturated carbocycles. The number of halogens is 3. The van der Waals surface area contributed by atoms with E-state index in [1.807, 2.05) is 12.1 Å². The molecular weight excluding hydrogens is 433 g/mol. The van der Waals surface area contributed by atoms with Crippen LogP contribution in [0.5, 0.6) is 0 Å². The lowest BCUT2D eigenvalue weighted by molar-refractivity contribution is -0.137. The molecule has 1 aliphatic carbocycles. The summed E-state index contributed by atoms with van der Waals surface area (Å²) >= 11 is 0. The van der Waals surface area contributed by atoms with E-state index in [4.69, 9.17) is 0 Å². The normalized spacial score (nSPS) is 16.7. The first-order valence-electron chi connectivity index (χ1n) is 11.7. The number of benzene rings is 2. The summed E-state index contributed by atoms with van der Waals surface area (Å²) in [5.41, 5.74) is 6.28. The van der Waals surface area contributed by atoms with Crippen LogP contribution in [0.1, 0.15) is 61.0 Å². The third-order valence-electron chi connectivity index (χ3n) is 7.01. The maximum absolute atomic E-state index is 12.8. The van der Waals surface area contributed by atoms with Gasteiger partial charge in [-0.1, -0.05) is 48.0 Å². The molecule has 2 nitrogen and oxygen atoms in total. The molecule has 2 aromatic heterocycles. The van der Waals surface area contributed by atoms with Gasteiger partial charge in [-0.05, 0) is 79.0 Å². The van der Waals surface area contributed by atoms with Crippen LogP contribution < -0.4 is 0 Å². The van der Waals surface area contributed by atoms with Gasteiger partial charge in [0.1, 0.15) is 0 Å². The molecule has 5 heteroatoms. The Morgan fingerprint density at radius 1 is 0.971 bits per heavy atom. The second kappa shape index (κ2) is 9.13. The Kier molecular flexibility index (Phi) is 6.03. The van der Waals surface area contributed by atoms with E-state index in [9.17, 15) is 13.2 Å². The van der Waals surface area contributed by atoms with E-state index >= 15 is 0 Å². The molecule has 0 amide bonds. The van der Waals surface area contributed by atoms with Crippen LogP contribution in [0.25, 0.3) is 16.5 Å². The monoisotopic (exact) mass is 460 g/mol. The van der Waals surface area contributed by atoms with Crippen LogP contribution in [0.15, 0.2) is 84.7 Å². The SMILES string of the molecule is CC(=C1CCC(n2ccc3ccccc32)CC1)c1cccc(Cc2ccc(C(F)(F)F)cn2)c1. The van der Waals surface area contributed by atoms with Crippen molar-refractivity contribution in [3.63, 3.8) is 0 Å². The Morgan fingerprint density at radius 3 is 2.50 bits per heavy atom. The zero-order valence-corrected chi connectivity index (χ0v) is 19.1. The van der Waals surface area contributed by atoms with Gasteiger partial charge in [0.15, 0.2) is 0 Å². The van der Waals surface area contributed by atoms with Gasteiger partial charge in [0.25, 0.3) is 0 Å². The summed E-state index contributed by atoms with van der Waals surface area (Å²) in [4.78, 5) is 4.02. The average Bonchev–Trinajstić information content (AvgIpc) is 3.28. The highest BCUT2D eigenvalue weighted by atomic mass is 19.4. The van der Waals surface area contributed by atoms with Gasteiger partial charge < -0.3 is 4.57 Å². The molecule has 0 bridgehead atoms. The van der Waals surface area contributed by atoms with Crippen LogP contribution in [-0.2, 0) is 12.6 Å². The zero-order valence-electron chi connectivity index (χ0n) is 19.1. The molecule has 0 saturated heterocycles. The molecule has 174 valence electrons. The fraction of sp³-hybridized carbons (Fsp3) is 0.276. The first-order valence-corrected chi connectivity index (χ1v) is 11.7. The van der Waals surface area contributed by atoms with E-state index in [0.29, 0.717) is 18.2 Å². The number of nitrogens with zero attached hydrogens (tertiary/aromatic N) is 2. The molecule has 2 aromatic carbocycles. The van der Waals surface area contributed by atoms with E-state index in [2.05, 4.69) is 65.1 Å². The van der Waals surface area contributed by atoms with E-state index in [0.717, 1.165) is 43.5 Å². The third-order valence-corrected chi connectivity index (χ3v) is 7.01. The summed E-state index contributed by atoms with van der Waals surface area (Å²) in [7, 11) is 0. The Hall–Kier alpha value is -3.34. The first kappa shape index (κ1) is 22.5. The summed E-state index contributed by atoms with van der Waals surface area (Å²) in [6.45, 7) is 2.19. The Balaban J connectivity index is 1.29. The molecule has 34 heavy (non-hydrogen) atoms. The minimum Gasteiger partial charge on any atom is -0.344 e. The molecule has 0 aliphatic heterocycles. The standard InChI is InChI=1S/C29H27F3N2/c1-20(22-9-13-27(14-10-22)34-16-15-23-6-2-3-8-28(23)34)24-7-4-5-21(17-24)18-26-12-11-25(19-33-26)29(30,31)32/h2-8,11-12,15-17,19,27H,9-10,13-14,18H2,1H3. The fourth-order valence-electron chi connectivity index (χ4n) is 5.05. The van der Waals surface area contributed by atoms with Gasteiger partial charge in [-0.25, -0.2) is 0 Å². The van der Waals surface area contributed by atoms with Crippen LogP contribution in [0.3, 0.4) is 0 Å². The summed E-state index contributed by atoms with van der Waals surface area (Å²) in [5.74, 6) is 0. The summed E-state index contributed by atoms with van der Waals surface area (Å²) in [6.07, 6.45) is 3.69. The quantitative estimate of drug-likeness (QED) is 0.300. The lowest BCUT2D eigenvalue weighted by atomic mass is 9.85. The maximum Gasteiger partial charge on any atom is 0.417 e. The molecule has 0 radical (unpaired) electrons. The van der Waals surface area contributed by atoms with Crippen molar-refractivity contribution < 1.29 is 13.2 Å². The van der Waals surface area contributed by atoms with Gasteiger partial charge in [0.05, 0.1) is 5.56 Å². The number of para-hydroxylation sites is 1. The summed E-state index contributed by atoms with van der Waals surface area (Å²) < 4.78 is 40.8. The Labute approximate surface area is 197 Å². The number of hydrogen-bond donors (Lipinski definition) is 0. The van der Waals surface area contributed by atoms with Gasteiger partial charge in [0.2, 0.25) is 0 Å². The number of allylic oxidation sites excluding steroid dienone is 2. The predicted molar refractivity (Wildman–Crippen MR) is 131 cm³/mol. The zero-order chi connectivity index (χ0) is 23.7. The number of hydrogen-bond acceptors (Lipinski definition) is 1. The van der Waals surface area contributed by atoms with Crippen molar-refractivity contribution in [3.05, 3.63) is 107 Å². The minimum atomic E-state index is -4.36. The second-order valence-electron chi connectivity index (χ2n) is 9.15. The van der Waals surface area contributed by atoms with Crippen LogP contribution in [0.2, 0.25) is 0 Å². The molecule has 0 N–H and O–H groups in total. The Bertz CT molecular complexity index is 1320. The molecule has 1 fully saturated rings. The number of pyridine rings is 1. The van der Waals surface area contributed by atoms with Crippen LogP contribution in [0.4, 0.5) is 13.2 Å². The predicted octanol–water partition coefficient (Wildman–Crippen LogP) is 8.23. The highest BCUT2D eigenvalue weighted by molar-refractivity contribution is 5.80. The lowest BCUT2D eigenvalue weighted by Crippen LogP contribution is -2.13. The highest BCUT2D eigenvalue weighted by Crippen LogP contribution is 2.37. The lowest BCUT2D eigenvalue weighted by Gasteiger charge is -2.27. The van der Waals surface area contributed by atoms with Crippen molar-refractivity contribution in [1.82, 2.24) is 9.55 Å². The van der Waals surface area contributed by atoms with Crippen molar-refractivity contribution >= 4 is 16.5 Å². The second-order valence-corrected chi connectivity index (χ2v) is 9.15. The van der Waals surface area contributed by atoms with E-state index in [1.165, 1.54) is 33.7 Å². The van der Waals surface area contributed by atoms with E-state index in [1.54, 1.807) is 0 Å². The molecule has 0 spiro atoms. The van der Waals surface area contributed by atoms with Gasteiger partial charge in [-0.3, -0.25) is 4.98 Å². The van der Waals surface area contributed by atoms with Crippen molar-refractivity contribution in [3.8, 4) is 0 Å². The summed E-state index contributed by atoms with van der Waals surface area (Å²) in [5, 5.41) is 1.29. The number of rotatable bonds is 4. The summed E-state index contributed by atoms with van der Waals surface area (Å²) in [6, 6.07) is 22.1. The van der Waals surface area contributed by atoms with Crippen LogP contribution in [0, 0.1) is 0 Å². The topological polar surface area (TPSA) is 17.8 Å². The van der Waals surface area contributed by atoms with Gasteiger partial charge >= 0.3 is 6.18 Å². The average molecular weight is 461 g/mol. The number of fused-ring (bicyclic) bond motifs is 1. The van der Waals surface area contributed by atoms with Gasteiger partial charge in [0, 0.05) is 36.1 Å². The molecule has 0 unspecified atom stereocenters. The van der Waals surface area contributed by atoms with Gasteiger partial charge in [-0.15, -0.1) is 0 Å². The minimum absolute atomic E-state index is 0.511. The third kappa shape index (κ3) is 4.65. The van der Waals surface area contributed by atoms with E-state index < -0.39 is 11.7 Å². The largest absolute Gasteiger partial charge is 0.417 e. The Morgan fingerprint density at radius 2 is 1.76 bits per heavy atom. The van der Waals surface area contributed by atoms with Crippen molar-refractivity contribution in [2.45, 2.75) is 51.2 Å².